The van der Waals surface area contributed by atoms with Gasteiger partial charge in [0.15, 0.2) is 0 Å². The van der Waals surface area contributed by atoms with Gasteiger partial charge in [0, 0.05) is 24.3 Å². The van der Waals surface area contributed by atoms with Gasteiger partial charge in [0.25, 0.3) is 0 Å². The predicted octanol–water partition coefficient (Wildman–Crippen LogP) is 1.18. The highest BCUT2D eigenvalue weighted by Crippen LogP contribution is 2.25. The third kappa shape index (κ3) is 2.84. The minimum absolute atomic E-state index is 0.0293. The summed E-state index contributed by atoms with van der Waals surface area (Å²) in [5, 5.41) is 6.13. The molecule has 0 saturated carbocycles. The summed E-state index contributed by atoms with van der Waals surface area (Å²) in [5.74, 6) is 0.0611. The van der Waals surface area contributed by atoms with Crippen LogP contribution in [0.3, 0.4) is 0 Å². The quantitative estimate of drug-likeness (QED) is 0.731. The molecule has 4 nitrogen and oxygen atoms in total. The van der Waals surface area contributed by atoms with E-state index in [2.05, 4.69) is 24.5 Å². The molecule has 1 amide bonds. The van der Waals surface area contributed by atoms with Crippen molar-refractivity contribution in [2.24, 2.45) is 5.73 Å². The fraction of sp³-hybridized carbons (Fsp3) is 0.462. The van der Waals surface area contributed by atoms with Gasteiger partial charge in [-0.15, -0.1) is 0 Å². The van der Waals surface area contributed by atoms with Gasteiger partial charge in [-0.05, 0) is 17.2 Å². The first-order valence-electron chi connectivity index (χ1n) is 5.98. The van der Waals surface area contributed by atoms with Crippen molar-refractivity contribution >= 4 is 11.6 Å². The van der Waals surface area contributed by atoms with Crippen LogP contribution in [0.2, 0.25) is 0 Å². The average molecular weight is 233 g/mol. The Morgan fingerprint density at radius 2 is 2.24 bits per heavy atom. The van der Waals surface area contributed by atoms with Crippen molar-refractivity contribution in [2.45, 2.75) is 32.4 Å². The standard InChI is InChI=1S/C13H19N3O/c1-8(2)15-7-11(14)9-3-4-12-10(5-9)6-13(17)16-12/h3-5,8,11,15H,6-7,14H2,1-2H3,(H,16,17). The maximum atomic E-state index is 11.2. The molecule has 0 saturated heterocycles. The minimum Gasteiger partial charge on any atom is -0.326 e. The number of rotatable bonds is 4. The summed E-state index contributed by atoms with van der Waals surface area (Å²) in [6.45, 7) is 4.94. The van der Waals surface area contributed by atoms with E-state index in [1.165, 1.54) is 0 Å². The second kappa shape index (κ2) is 4.85. The molecule has 92 valence electrons. The molecule has 0 radical (unpaired) electrons. The van der Waals surface area contributed by atoms with E-state index in [1.54, 1.807) is 0 Å². The second-order valence-electron chi connectivity index (χ2n) is 4.81. The fourth-order valence-corrected chi connectivity index (χ4v) is 1.96. The molecule has 1 aliphatic rings. The topological polar surface area (TPSA) is 67.1 Å². The van der Waals surface area contributed by atoms with Crippen molar-refractivity contribution in [3.8, 4) is 0 Å². The number of carbonyl (C=O) groups excluding carboxylic acids is 1. The average Bonchev–Trinajstić information content (AvgIpc) is 2.64. The number of fused-ring (bicyclic) bond motifs is 1. The number of carbonyl (C=O) groups is 1. The van der Waals surface area contributed by atoms with Gasteiger partial charge in [0.1, 0.15) is 0 Å². The van der Waals surface area contributed by atoms with Crippen LogP contribution >= 0.6 is 0 Å². The number of amides is 1. The summed E-state index contributed by atoms with van der Waals surface area (Å²) in [5.41, 5.74) is 9.15. The van der Waals surface area contributed by atoms with E-state index < -0.39 is 0 Å². The van der Waals surface area contributed by atoms with Gasteiger partial charge in [-0.3, -0.25) is 4.79 Å². The first-order chi connectivity index (χ1) is 8.06. The zero-order valence-electron chi connectivity index (χ0n) is 10.3. The minimum atomic E-state index is -0.0293. The van der Waals surface area contributed by atoms with Crippen molar-refractivity contribution in [2.75, 3.05) is 11.9 Å². The summed E-state index contributed by atoms with van der Waals surface area (Å²) in [6, 6.07) is 6.35. The molecule has 0 fully saturated rings. The third-order valence-corrected chi connectivity index (χ3v) is 2.93. The van der Waals surface area contributed by atoms with Crippen molar-refractivity contribution in [3.63, 3.8) is 0 Å². The van der Waals surface area contributed by atoms with Crippen molar-refractivity contribution < 1.29 is 4.79 Å². The molecule has 1 aromatic rings. The highest BCUT2D eigenvalue weighted by atomic mass is 16.1. The lowest BCUT2D eigenvalue weighted by Crippen LogP contribution is -2.31. The summed E-state index contributed by atoms with van der Waals surface area (Å²) in [7, 11) is 0. The third-order valence-electron chi connectivity index (χ3n) is 2.93. The van der Waals surface area contributed by atoms with Crippen molar-refractivity contribution in [1.82, 2.24) is 5.32 Å². The predicted molar refractivity (Wildman–Crippen MR) is 68.8 cm³/mol. The molecule has 0 aromatic heterocycles. The Morgan fingerprint density at radius 1 is 1.47 bits per heavy atom. The lowest BCUT2D eigenvalue weighted by Gasteiger charge is -2.16. The SMILES string of the molecule is CC(C)NCC(N)c1ccc2c(c1)CC(=O)N2. The largest absolute Gasteiger partial charge is 0.326 e. The zero-order valence-corrected chi connectivity index (χ0v) is 10.3. The Kier molecular flexibility index (Phi) is 3.45. The molecule has 1 unspecified atom stereocenters. The molecule has 17 heavy (non-hydrogen) atoms. The van der Waals surface area contributed by atoms with Crippen LogP contribution in [0.25, 0.3) is 0 Å². The molecule has 2 rings (SSSR count). The van der Waals surface area contributed by atoms with Crippen LogP contribution in [0.4, 0.5) is 5.69 Å². The Balaban J connectivity index is 2.07. The smallest absolute Gasteiger partial charge is 0.228 e. The van der Waals surface area contributed by atoms with Gasteiger partial charge in [0.05, 0.1) is 6.42 Å². The maximum absolute atomic E-state index is 11.2. The Morgan fingerprint density at radius 3 is 2.94 bits per heavy atom. The van der Waals surface area contributed by atoms with E-state index in [1.807, 2.05) is 18.2 Å². The van der Waals surface area contributed by atoms with E-state index in [9.17, 15) is 4.79 Å². The molecule has 4 N–H and O–H groups in total. The lowest BCUT2D eigenvalue weighted by atomic mass is 10.0. The molecule has 0 bridgehead atoms. The van der Waals surface area contributed by atoms with Crippen LogP contribution in [0.15, 0.2) is 18.2 Å². The number of nitrogens with one attached hydrogen (secondary N) is 2. The summed E-state index contributed by atoms with van der Waals surface area (Å²) in [6.07, 6.45) is 0.466. The molecular weight excluding hydrogens is 214 g/mol. The maximum Gasteiger partial charge on any atom is 0.228 e. The zero-order chi connectivity index (χ0) is 12.4. The number of hydrogen-bond donors (Lipinski definition) is 3. The van der Waals surface area contributed by atoms with Crippen LogP contribution < -0.4 is 16.4 Å². The normalized spacial score (nSPS) is 15.9. The fourth-order valence-electron chi connectivity index (χ4n) is 1.96. The molecule has 4 heteroatoms. The van der Waals surface area contributed by atoms with Crippen LogP contribution in [-0.4, -0.2) is 18.5 Å². The Bertz CT molecular complexity index is 429. The van der Waals surface area contributed by atoms with Gasteiger partial charge < -0.3 is 16.4 Å². The van der Waals surface area contributed by atoms with Crippen LogP contribution in [0.5, 0.6) is 0 Å². The van der Waals surface area contributed by atoms with Crippen LogP contribution in [-0.2, 0) is 11.2 Å². The number of benzene rings is 1. The monoisotopic (exact) mass is 233 g/mol. The van der Waals surface area contributed by atoms with Crippen LogP contribution in [0.1, 0.15) is 31.0 Å². The summed E-state index contributed by atoms with van der Waals surface area (Å²) >= 11 is 0. The molecular formula is C13H19N3O. The van der Waals surface area contributed by atoms with Crippen molar-refractivity contribution in [1.29, 1.82) is 0 Å². The van der Waals surface area contributed by atoms with Gasteiger partial charge >= 0.3 is 0 Å². The molecule has 1 heterocycles. The molecule has 1 atom stereocenters. The second-order valence-corrected chi connectivity index (χ2v) is 4.81. The van der Waals surface area contributed by atoms with E-state index in [-0.39, 0.29) is 11.9 Å². The van der Waals surface area contributed by atoms with Gasteiger partial charge in [-0.1, -0.05) is 26.0 Å². The van der Waals surface area contributed by atoms with Gasteiger partial charge in [-0.2, -0.15) is 0 Å². The lowest BCUT2D eigenvalue weighted by molar-refractivity contribution is -0.115. The Hall–Kier alpha value is -1.39. The summed E-state index contributed by atoms with van der Waals surface area (Å²) in [4.78, 5) is 11.2. The van der Waals surface area contributed by atoms with Crippen LogP contribution in [0, 0.1) is 0 Å². The molecule has 0 aliphatic carbocycles. The van der Waals surface area contributed by atoms with Gasteiger partial charge in [-0.25, -0.2) is 0 Å². The van der Waals surface area contributed by atoms with Crippen molar-refractivity contribution in [3.05, 3.63) is 29.3 Å². The van der Waals surface area contributed by atoms with E-state index >= 15 is 0 Å². The molecule has 1 aliphatic heterocycles. The number of nitrogens with two attached hydrogens (primary N) is 1. The molecule has 1 aromatic carbocycles. The van der Waals surface area contributed by atoms with Gasteiger partial charge in [0.2, 0.25) is 5.91 Å². The van der Waals surface area contributed by atoms with E-state index in [0.717, 1.165) is 23.4 Å². The number of anilines is 1. The van der Waals surface area contributed by atoms with E-state index in [0.29, 0.717) is 12.5 Å². The summed E-state index contributed by atoms with van der Waals surface area (Å²) < 4.78 is 0. The highest BCUT2D eigenvalue weighted by molar-refractivity contribution is 5.99. The Labute approximate surface area is 102 Å². The number of hydrogen-bond acceptors (Lipinski definition) is 3. The van der Waals surface area contributed by atoms with E-state index in [4.69, 9.17) is 5.73 Å². The first kappa shape index (κ1) is 12.1. The molecule has 0 spiro atoms. The highest BCUT2D eigenvalue weighted by Gasteiger charge is 2.18. The first-order valence-corrected chi connectivity index (χ1v) is 5.98.